The van der Waals surface area contributed by atoms with E-state index < -0.39 is 0 Å². The summed E-state index contributed by atoms with van der Waals surface area (Å²) in [4.78, 5) is 14.6. The summed E-state index contributed by atoms with van der Waals surface area (Å²) < 4.78 is 5.42. The van der Waals surface area contributed by atoms with Crippen molar-refractivity contribution in [1.82, 2.24) is 0 Å². The maximum absolute atomic E-state index is 12.2. The molecule has 1 fully saturated rings. The molecule has 1 amide bonds. The first-order chi connectivity index (χ1) is 13.1. The van der Waals surface area contributed by atoms with Crippen molar-refractivity contribution in [2.45, 2.75) is 31.8 Å². The molecule has 0 atom stereocenters. The zero-order valence-electron chi connectivity index (χ0n) is 15.4. The Bertz CT molecular complexity index is 752. The highest BCUT2D eigenvalue weighted by Crippen LogP contribution is 2.26. The monoisotopic (exact) mass is 406 g/mol. The summed E-state index contributed by atoms with van der Waals surface area (Å²) in [5.74, 6) is -0.0559. The average molecular weight is 407 g/mol. The third-order valence-corrected chi connectivity index (χ3v) is 5.66. The first kappa shape index (κ1) is 20.0. The topological polar surface area (TPSA) is 41.6 Å². The number of rotatable bonds is 6. The lowest BCUT2D eigenvalue weighted by molar-refractivity contribution is -0.116. The molecular formula is C21H24Cl2N2O2. The van der Waals surface area contributed by atoms with Crippen LogP contribution >= 0.6 is 23.2 Å². The Morgan fingerprint density at radius 1 is 1.11 bits per heavy atom. The first-order valence-corrected chi connectivity index (χ1v) is 9.93. The Labute approximate surface area is 170 Å². The minimum absolute atomic E-state index is 0.0559. The fourth-order valence-corrected chi connectivity index (χ4v) is 3.92. The largest absolute Gasteiger partial charge is 0.381 e. The number of amides is 1. The van der Waals surface area contributed by atoms with Crippen LogP contribution in [0.1, 0.15) is 24.8 Å². The van der Waals surface area contributed by atoms with E-state index in [1.807, 2.05) is 24.3 Å². The molecule has 0 aromatic heterocycles. The molecule has 1 N–H and O–H groups in total. The summed E-state index contributed by atoms with van der Waals surface area (Å²) in [5, 5.41) is 4.12. The molecule has 0 aliphatic carbocycles. The summed E-state index contributed by atoms with van der Waals surface area (Å²) in [7, 11) is 1.78. The van der Waals surface area contributed by atoms with Crippen molar-refractivity contribution in [3.8, 4) is 0 Å². The zero-order chi connectivity index (χ0) is 19.2. The molecule has 3 rings (SSSR count). The van der Waals surface area contributed by atoms with Crippen LogP contribution in [0.3, 0.4) is 0 Å². The van der Waals surface area contributed by atoms with Crippen molar-refractivity contribution in [2.75, 3.05) is 30.4 Å². The highest BCUT2D eigenvalue weighted by Gasteiger charge is 2.18. The molecule has 0 radical (unpaired) electrons. The van der Waals surface area contributed by atoms with Gasteiger partial charge in [-0.05, 0) is 61.2 Å². The van der Waals surface area contributed by atoms with E-state index in [0.29, 0.717) is 29.0 Å². The van der Waals surface area contributed by atoms with Crippen molar-refractivity contribution < 1.29 is 9.53 Å². The lowest BCUT2D eigenvalue weighted by Crippen LogP contribution is -2.36. The van der Waals surface area contributed by atoms with Gasteiger partial charge in [0.2, 0.25) is 5.91 Å². The van der Waals surface area contributed by atoms with E-state index in [2.05, 4.69) is 10.2 Å². The normalized spacial score (nSPS) is 15.0. The van der Waals surface area contributed by atoms with Gasteiger partial charge in [0.25, 0.3) is 0 Å². The number of ether oxygens (including phenoxy) is 1. The third kappa shape index (κ3) is 5.38. The van der Waals surface area contributed by atoms with Gasteiger partial charge in [0.05, 0.1) is 6.10 Å². The number of carbonyl (C=O) groups excluding carboxylic acids is 1. The molecule has 0 saturated carbocycles. The second-order valence-corrected chi connectivity index (χ2v) is 7.53. The molecule has 0 unspecified atom stereocenters. The van der Waals surface area contributed by atoms with Crippen LogP contribution in [-0.2, 0) is 16.0 Å². The molecule has 1 saturated heterocycles. The number of methoxy groups -OCH3 is 1. The van der Waals surface area contributed by atoms with Crippen molar-refractivity contribution in [1.29, 1.82) is 0 Å². The highest BCUT2D eigenvalue weighted by molar-refractivity contribution is 6.36. The average Bonchev–Trinajstić information content (AvgIpc) is 2.68. The number of piperidine rings is 1. The predicted molar refractivity (Wildman–Crippen MR) is 112 cm³/mol. The number of benzene rings is 2. The van der Waals surface area contributed by atoms with Crippen LogP contribution in [0.5, 0.6) is 0 Å². The van der Waals surface area contributed by atoms with Gasteiger partial charge in [-0.1, -0.05) is 29.3 Å². The fourth-order valence-electron chi connectivity index (χ4n) is 3.34. The molecule has 27 heavy (non-hydrogen) atoms. The van der Waals surface area contributed by atoms with E-state index in [1.54, 1.807) is 25.3 Å². The molecular weight excluding hydrogens is 383 g/mol. The molecule has 1 aliphatic heterocycles. The third-order valence-electron chi connectivity index (χ3n) is 4.96. The van der Waals surface area contributed by atoms with Gasteiger partial charge in [-0.25, -0.2) is 0 Å². The van der Waals surface area contributed by atoms with E-state index in [9.17, 15) is 4.79 Å². The number of halogens is 2. The fraction of sp³-hybridized carbons (Fsp3) is 0.381. The van der Waals surface area contributed by atoms with E-state index in [0.717, 1.165) is 37.2 Å². The van der Waals surface area contributed by atoms with Crippen LogP contribution < -0.4 is 10.2 Å². The summed E-state index contributed by atoms with van der Waals surface area (Å²) in [6, 6.07) is 13.4. The molecule has 1 aliphatic rings. The summed E-state index contributed by atoms with van der Waals surface area (Å²) in [6.45, 7) is 1.98. The minimum atomic E-state index is -0.0559. The predicted octanol–water partition coefficient (Wildman–Crippen LogP) is 5.18. The lowest BCUT2D eigenvalue weighted by atomic mass is 10.1. The first-order valence-electron chi connectivity index (χ1n) is 9.17. The van der Waals surface area contributed by atoms with Crippen LogP contribution in [-0.4, -0.2) is 32.2 Å². The maximum Gasteiger partial charge on any atom is 0.224 e. The molecule has 0 spiro atoms. The van der Waals surface area contributed by atoms with Crippen LogP contribution in [0.25, 0.3) is 0 Å². The van der Waals surface area contributed by atoms with Crippen LogP contribution in [0.4, 0.5) is 11.4 Å². The molecule has 144 valence electrons. The number of nitrogens with one attached hydrogen (secondary N) is 1. The number of hydrogen-bond donors (Lipinski definition) is 1. The number of nitrogens with zero attached hydrogens (tertiary/aromatic N) is 1. The lowest BCUT2D eigenvalue weighted by Gasteiger charge is -2.33. The van der Waals surface area contributed by atoms with Gasteiger partial charge in [0.15, 0.2) is 0 Å². The van der Waals surface area contributed by atoms with E-state index in [1.165, 1.54) is 5.69 Å². The van der Waals surface area contributed by atoms with Crippen LogP contribution in [0, 0.1) is 0 Å². The smallest absolute Gasteiger partial charge is 0.224 e. The number of carbonyl (C=O) groups is 1. The SMILES string of the molecule is COC1CCN(c2ccc(NC(=O)CCc3c(Cl)cccc3Cl)cc2)CC1. The van der Waals surface area contributed by atoms with E-state index >= 15 is 0 Å². The van der Waals surface area contributed by atoms with Gasteiger partial charge in [-0.3, -0.25) is 4.79 Å². The molecule has 6 heteroatoms. The standard InChI is InChI=1S/C21H24Cl2N2O2/c1-27-17-11-13-25(14-12-17)16-7-5-15(6-8-16)24-21(26)10-9-18-19(22)3-2-4-20(18)23/h2-8,17H,9-14H2,1H3,(H,24,26). The quantitative estimate of drug-likeness (QED) is 0.718. The number of anilines is 2. The van der Waals surface area contributed by atoms with Gasteiger partial charge in [0, 0.05) is 48.0 Å². The molecule has 4 nitrogen and oxygen atoms in total. The van der Waals surface area contributed by atoms with Crippen molar-refractivity contribution in [3.05, 3.63) is 58.1 Å². The molecule has 0 bridgehead atoms. The highest BCUT2D eigenvalue weighted by atomic mass is 35.5. The van der Waals surface area contributed by atoms with Gasteiger partial charge in [-0.2, -0.15) is 0 Å². The second-order valence-electron chi connectivity index (χ2n) is 6.72. The van der Waals surface area contributed by atoms with Gasteiger partial charge in [-0.15, -0.1) is 0 Å². The number of hydrogen-bond acceptors (Lipinski definition) is 3. The van der Waals surface area contributed by atoms with Crippen molar-refractivity contribution in [3.63, 3.8) is 0 Å². The Balaban J connectivity index is 1.51. The van der Waals surface area contributed by atoms with Crippen molar-refractivity contribution >= 4 is 40.5 Å². The second kappa shape index (κ2) is 9.45. The Morgan fingerprint density at radius 3 is 2.33 bits per heavy atom. The molecule has 2 aromatic carbocycles. The molecule has 2 aromatic rings. The van der Waals surface area contributed by atoms with Gasteiger partial charge >= 0.3 is 0 Å². The Kier molecular flexibility index (Phi) is 7.00. The van der Waals surface area contributed by atoms with Crippen molar-refractivity contribution in [2.24, 2.45) is 0 Å². The summed E-state index contributed by atoms with van der Waals surface area (Å²) in [6.07, 6.45) is 3.29. The van der Waals surface area contributed by atoms with E-state index in [-0.39, 0.29) is 5.91 Å². The minimum Gasteiger partial charge on any atom is -0.381 e. The van der Waals surface area contributed by atoms with Crippen LogP contribution in [0.2, 0.25) is 10.0 Å². The van der Waals surface area contributed by atoms with E-state index in [4.69, 9.17) is 27.9 Å². The zero-order valence-corrected chi connectivity index (χ0v) is 16.9. The Morgan fingerprint density at radius 2 is 1.74 bits per heavy atom. The summed E-state index contributed by atoms with van der Waals surface area (Å²) in [5.41, 5.74) is 2.77. The maximum atomic E-state index is 12.2. The van der Waals surface area contributed by atoms with Crippen LogP contribution in [0.15, 0.2) is 42.5 Å². The van der Waals surface area contributed by atoms with Gasteiger partial charge < -0.3 is 15.0 Å². The Hall–Kier alpha value is -1.75. The molecule has 1 heterocycles. The summed E-state index contributed by atoms with van der Waals surface area (Å²) >= 11 is 12.3. The van der Waals surface area contributed by atoms with Gasteiger partial charge in [0.1, 0.15) is 0 Å².